The van der Waals surface area contributed by atoms with E-state index in [-0.39, 0.29) is 5.56 Å². The number of quaternary nitrogens is 1. The lowest BCUT2D eigenvalue weighted by Gasteiger charge is -2.15. The molecule has 0 aliphatic rings. The first kappa shape index (κ1) is 13.5. The molecule has 0 heterocycles. The molecule has 4 nitrogen and oxygen atoms in total. The predicted molar refractivity (Wildman–Crippen MR) is 63.4 cm³/mol. The third-order valence-electron chi connectivity index (χ3n) is 2.54. The number of aryl methyl sites for hydroxylation is 2. The fourth-order valence-electron chi connectivity index (χ4n) is 1.65. The minimum atomic E-state index is -1.15. The van der Waals surface area contributed by atoms with E-state index in [1.807, 2.05) is 13.8 Å². The van der Waals surface area contributed by atoms with Crippen LogP contribution in [0.25, 0.3) is 0 Å². The zero-order chi connectivity index (χ0) is 13.0. The summed E-state index contributed by atoms with van der Waals surface area (Å²) in [6.45, 7) is 5.21. The summed E-state index contributed by atoms with van der Waals surface area (Å²) in [5.74, 6) is -0.378. The fraction of sp³-hybridized carbons (Fsp3) is 0.462. The lowest BCUT2D eigenvalue weighted by molar-refractivity contribution is -0.858. The van der Waals surface area contributed by atoms with Gasteiger partial charge in [0.25, 0.3) is 0 Å². The molecule has 0 saturated carbocycles. The van der Waals surface area contributed by atoms with Gasteiger partial charge in [0, 0.05) is 0 Å². The standard InChI is InChI=1S/C13H19NO3/c1-9-7-11(13(15)16)8-10(2)12(9)17-6-5-14(3)4/h7-8H,5-6H2,1-4H3,(H,15,16). The topological polar surface area (TPSA) is 53.8 Å². The fourth-order valence-corrected chi connectivity index (χ4v) is 1.65. The van der Waals surface area contributed by atoms with Crippen LogP contribution in [0.1, 0.15) is 21.5 Å². The number of carboxylic acids is 1. The number of carbonyl (C=O) groups excluding carboxylic acids is 1. The van der Waals surface area contributed by atoms with Crippen molar-refractivity contribution in [2.75, 3.05) is 27.2 Å². The maximum atomic E-state index is 10.8. The molecule has 1 rings (SSSR count). The van der Waals surface area contributed by atoms with Gasteiger partial charge in [-0.2, -0.15) is 0 Å². The van der Waals surface area contributed by atoms with Gasteiger partial charge in [0.1, 0.15) is 18.9 Å². The van der Waals surface area contributed by atoms with Gasteiger partial charge in [-0.1, -0.05) is 0 Å². The van der Waals surface area contributed by atoms with Crippen molar-refractivity contribution in [1.82, 2.24) is 0 Å². The predicted octanol–water partition coefficient (Wildman–Crippen LogP) is -0.810. The van der Waals surface area contributed by atoms with Gasteiger partial charge in [0.05, 0.1) is 20.1 Å². The molecule has 0 aliphatic heterocycles. The molecule has 0 unspecified atom stereocenters. The van der Waals surface area contributed by atoms with Gasteiger partial charge in [-0.05, 0) is 42.7 Å². The van der Waals surface area contributed by atoms with Gasteiger partial charge in [0.2, 0.25) is 0 Å². The van der Waals surface area contributed by atoms with Crippen molar-refractivity contribution in [3.05, 3.63) is 28.8 Å². The average molecular weight is 237 g/mol. The molecule has 0 aliphatic carbocycles. The van der Waals surface area contributed by atoms with Crippen LogP contribution in [-0.2, 0) is 0 Å². The van der Waals surface area contributed by atoms with Crippen LogP contribution in [0, 0.1) is 13.8 Å². The summed E-state index contributed by atoms with van der Waals surface area (Å²) in [6, 6.07) is 3.17. The van der Waals surface area contributed by atoms with E-state index in [1.54, 1.807) is 12.1 Å². The summed E-state index contributed by atoms with van der Waals surface area (Å²) in [6.07, 6.45) is 0. The van der Waals surface area contributed by atoms with Crippen LogP contribution in [0.2, 0.25) is 0 Å². The Morgan fingerprint density at radius 2 is 1.82 bits per heavy atom. The molecule has 0 fully saturated rings. The number of carbonyl (C=O) groups is 1. The number of rotatable bonds is 5. The summed E-state index contributed by atoms with van der Waals surface area (Å²) in [5.41, 5.74) is 1.86. The summed E-state index contributed by atoms with van der Waals surface area (Å²) in [7, 11) is 4.12. The second-order valence-corrected chi connectivity index (χ2v) is 4.53. The Bertz CT molecular complexity index is 390. The molecule has 1 aromatic carbocycles. The van der Waals surface area contributed by atoms with E-state index in [0.717, 1.165) is 23.4 Å². The second kappa shape index (κ2) is 5.68. The SMILES string of the molecule is Cc1cc(C(=O)[O-])cc(C)c1OCC[NH+](C)C. The maximum Gasteiger partial charge on any atom is 0.137 e. The molecule has 0 aromatic heterocycles. The molecule has 0 atom stereocenters. The van der Waals surface area contributed by atoms with Gasteiger partial charge in [-0.3, -0.25) is 0 Å². The summed E-state index contributed by atoms with van der Waals surface area (Å²) in [4.78, 5) is 12.1. The quantitative estimate of drug-likeness (QED) is 0.729. The first-order valence-electron chi connectivity index (χ1n) is 5.66. The molecule has 0 spiro atoms. The van der Waals surface area contributed by atoms with Crippen molar-refractivity contribution < 1.29 is 19.5 Å². The monoisotopic (exact) mass is 237 g/mol. The Kier molecular flexibility index (Phi) is 4.52. The van der Waals surface area contributed by atoms with E-state index >= 15 is 0 Å². The van der Waals surface area contributed by atoms with Crippen LogP contribution in [0.5, 0.6) is 5.75 Å². The largest absolute Gasteiger partial charge is 0.545 e. The van der Waals surface area contributed by atoms with Crippen LogP contribution in [0.4, 0.5) is 0 Å². The molecular weight excluding hydrogens is 218 g/mol. The Balaban J connectivity index is 2.83. The van der Waals surface area contributed by atoms with Crippen LogP contribution in [0.3, 0.4) is 0 Å². The van der Waals surface area contributed by atoms with Gasteiger partial charge in [-0.25, -0.2) is 0 Å². The minimum absolute atomic E-state index is 0.200. The zero-order valence-electron chi connectivity index (χ0n) is 10.8. The van der Waals surface area contributed by atoms with E-state index in [2.05, 4.69) is 14.1 Å². The normalized spacial score (nSPS) is 10.6. The number of hydrogen-bond donors (Lipinski definition) is 1. The van der Waals surface area contributed by atoms with Crippen molar-refractivity contribution in [2.45, 2.75) is 13.8 Å². The Hall–Kier alpha value is -1.55. The third-order valence-corrected chi connectivity index (χ3v) is 2.54. The lowest BCUT2D eigenvalue weighted by atomic mass is 10.1. The Morgan fingerprint density at radius 3 is 2.24 bits per heavy atom. The van der Waals surface area contributed by atoms with E-state index in [4.69, 9.17) is 4.74 Å². The molecule has 0 radical (unpaired) electrons. The summed E-state index contributed by atoms with van der Waals surface area (Å²) in [5, 5.41) is 10.8. The van der Waals surface area contributed by atoms with Crippen LogP contribution in [0.15, 0.2) is 12.1 Å². The van der Waals surface area contributed by atoms with E-state index < -0.39 is 5.97 Å². The zero-order valence-corrected chi connectivity index (χ0v) is 10.8. The van der Waals surface area contributed by atoms with Gasteiger partial charge in [-0.15, -0.1) is 0 Å². The molecular formula is C13H19NO3. The molecule has 0 saturated heterocycles. The Morgan fingerprint density at radius 1 is 1.29 bits per heavy atom. The smallest absolute Gasteiger partial charge is 0.137 e. The minimum Gasteiger partial charge on any atom is -0.545 e. The first-order valence-corrected chi connectivity index (χ1v) is 5.66. The molecule has 0 amide bonds. The lowest BCUT2D eigenvalue weighted by Crippen LogP contribution is -3.06. The Labute approximate surface area is 102 Å². The highest BCUT2D eigenvalue weighted by atomic mass is 16.5. The number of ether oxygens (including phenoxy) is 1. The molecule has 4 heteroatoms. The highest BCUT2D eigenvalue weighted by molar-refractivity contribution is 5.86. The van der Waals surface area contributed by atoms with Crippen molar-refractivity contribution >= 4 is 5.97 Å². The molecule has 1 N–H and O–H groups in total. The molecule has 0 bridgehead atoms. The van der Waals surface area contributed by atoms with Gasteiger partial charge >= 0.3 is 0 Å². The molecule has 1 aromatic rings. The van der Waals surface area contributed by atoms with Crippen LogP contribution < -0.4 is 14.7 Å². The summed E-state index contributed by atoms with van der Waals surface area (Å²) >= 11 is 0. The van der Waals surface area contributed by atoms with E-state index in [0.29, 0.717) is 6.61 Å². The maximum absolute atomic E-state index is 10.8. The van der Waals surface area contributed by atoms with Gasteiger partial charge < -0.3 is 19.5 Å². The van der Waals surface area contributed by atoms with Crippen molar-refractivity contribution in [1.29, 1.82) is 0 Å². The number of benzene rings is 1. The first-order chi connectivity index (χ1) is 7.91. The number of likely N-dealkylation sites (N-methyl/N-ethyl adjacent to an activating group) is 1. The second-order valence-electron chi connectivity index (χ2n) is 4.53. The number of hydrogen-bond acceptors (Lipinski definition) is 3. The summed E-state index contributed by atoms with van der Waals surface area (Å²) < 4.78 is 5.68. The highest BCUT2D eigenvalue weighted by Gasteiger charge is 2.07. The van der Waals surface area contributed by atoms with E-state index in [9.17, 15) is 9.90 Å². The van der Waals surface area contributed by atoms with Crippen LogP contribution in [-0.4, -0.2) is 33.2 Å². The molecule has 94 valence electrons. The van der Waals surface area contributed by atoms with E-state index in [1.165, 1.54) is 4.90 Å². The number of aromatic carboxylic acids is 1. The van der Waals surface area contributed by atoms with Crippen LogP contribution >= 0.6 is 0 Å². The average Bonchev–Trinajstić information content (AvgIpc) is 2.21. The van der Waals surface area contributed by atoms with Crippen molar-refractivity contribution in [3.8, 4) is 5.75 Å². The van der Waals surface area contributed by atoms with Gasteiger partial charge in [0.15, 0.2) is 0 Å². The van der Waals surface area contributed by atoms with Crippen molar-refractivity contribution in [3.63, 3.8) is 0 Å². The number of carboxylic acid groups (broad SMARTS) is 1. The highest BCUT2D eigenvalue weighted by Crippen LogP contribution is 2.24. The van der Waals surface area contributed by atoms with Crippen molar-refractivity contribution in [2.24, 2.45) is 0 Å². The molecule has 17 heavy (non-hydrogen) atoms. The third kappa shape index (κ3) is 3.75. The number of nitrogens with one attached hydrogen (secondary N) is 1.